The Hall–Kier alpha value is -3.15. The smallest absolute Gasteiger partial charge is 0.254 e. The fraction of sp³-hybridized carbons (Fsp3) is 0.464. The number of nitrogens with zero attached hydrogens (tertiary/aromatic N) is 2. The molecule has 6 nitrogen and oxygen atoms in total. The Kier molecular flexibility index (Phi) is 6.66. The maximum absolute atomic E-state index is 13.4. The number of piperidine rings is 1. The second kappa shape index (κ2) is 10.00. The van der Waals surface area contributed by atoms with Gasteiger partial charge in [0.15, 0.2) is 0 Å². The third-order valence-corrected chi connectivity index (χ3v) is 7.66. The molecule has 1 aliphatic carbocycles. The van der Waals surface area contributed by atoms with Crippen LogP contribution in [-0.2, 0) is 16.1 Å². The molecule has 178 valence electrons. The van der Waals surface area contributed by atoms with Crippen LogP contribution in [0.1, 0.15) is 67.3 Å². The van der Waals surface area contributed by atoms with Crippen molar-refractivity contribution in [2.45, 2.75) is 70.0 Å². The van der Waals surface area contributed by atoms with Crippen LogP contribution < -0.4 is 10.2 Å². The minimum atomic E-state index is -0.437. The molecule has 3 amide bonds. The van der Waals surface area contributed by atoms with Gasteiger partial charge in [-0.1, -0.05) is 43.2 Å². The summed E-state index contributed by atoms with van der Waals surface area (Å²) in [5.74, 6) is 0.431. The monoisotopic (exact) mass is 459 g/mol. The second-order valence-electron chi connectivity index (χ2n) is 9.83. The normalized spacial score (nSPS) is 24.6. The molecule has 3 atom stereocenters. The van der Waals surface area contributed by atoms with Crippen LogP contribution in [0.3, 0.4) is 0 Å². The Morgan fingerprint density at radius 3 is 2.59 bits per heavy atom. The van der Waals surface area contributed by atoms with E-state index in [4.69, 9.17) is 0 Å². The van der Waals surface area contributed by atoms with Gasteiger partial charge >= 0.3 is 0 Å². The Morgan fingerprint density at radius 2 is 1.76 bits per heavy atom. The average molecular weight is 460 g/mol. The molecule has 3 fully saturated rings. The van der Waals surface area contributed by atoms with Crippen molar-refractivity contribution in [1.29, 1.82) is 0 Å². The van der Waals surface area contributed by atoms with Crippen LogP contribution in [0.25, 0.3) is 0 Å². The van der Waals surface area contributed by atoms with Gasteiger partial charge in [0.05, 0.1) is 0 Å². The van der Waals surface area contributed by atoms with E-state index in [-0.39, 0.29) is 23.8 Å². The first-order valence-corrected chi connectivity index (χ1v) is 12.7. The summed E-state index contributed by atoms with van der Waals surface area (Å²) in [6.45, 7) is 1.13. The summed E-state index contributed by atoms with van der Waals surface area (Å²) >= 11 is 0. The maximum Gasteiger partial charge on any atom is 0.254 e. The van der Waals surface area contributed by atoms with Crippen molar-refractivity contribution in [3.05, 3.63) is 65.7 Å². The number of fused-ring (bicyclic) bond motifs is 1. The number of hydrogen-bond donors (Lipinski definition) is 1. The van der Waals surface area contributed by atoms with Crippen molar-refractivity contribution in [3.63, 3.8) is 0 Å². The molecule has 0 aromatic heterocycles. The average Bonchev–Trinajstić information content (AvgIpc) is 3.27. The summed E-state index contributed by atoms with van der Waals surface area (Å²) in [5.41, 5.74) is 2.50. The molecule has 2 heterocycles. The number of nitrogens with one attached hydrogen (secondary N) is 1. The number of amides is 3. The number of carbonyl (C=O) groups is 3. The number of likely N-dealkylation sites (tertiary alicyclic amines) is 1. The minimum absolute atomic E-state index is 0.0410. The first kappa shape index (κ1) is 22.6. The van der Waals surface area contributed by atoms with Crippen LogP contribution in [0.2, 0.25) is 0 Å². The van der Waals surface area contributed by atoms with Crippen LogP contribution in [0, 0.1) is 5.92 Å². The van der Waals surface area contributed by atoms with Gasteiger partial charge < -0.3 is 15.1 Å². The van der Waals surface area contributed by atoms with Gasteiger partial charge in [0.1, 0.15) is 6.04 Å². The molecule has 0 radical (unpaired) electrons. The van der Waals surface area contributed by atoms with Gasteiger partial charge in [0.2, 0.25) is 11.8 Å². The van der Waals surface area contributed by atoms with Gasteiger partial charge in [0, 0.05) is 36.8 Å². The summed E-state index contributed by atoms with van der Waals surface area (Å²) in [4.78, 5) is 42.8. The number of benzene rings is 2. The van der Waals surface area contributed by atoms with Gasteiger partial charge in [-0.15, -0.1) is 0 Å². The number of anilines is 1. The standard InChI is InChI=1S/C28H33N3O3/c32-26-15-6-7-16-30(26)23-13-8-9-20(17-23)19-29-27(33)25-18-22-12-4-5-14-24(22)31(25)28(34)21-10-2-1-3-11-21/h1-3,8-11,13,17,22,24-25H,4-7,12,14-16,18-19H2,(H,29,33). The summed E-state index contributed by atoms with van der Waals surface area (Å²) in [6, 6.07) is 16.9. The molecule has 2 aliphatic heterocycles. The third-order valence-electron chi connectivity index (χ3n) is 7.66. The fourth-order valence-electron chi connectivity index (χ4n) is 5.94. The highest BCUT2D eigenvalue weighted by atomic mass is 16.2. The number of rotatable bonds is 5. The van der Waals surface area contributed by atoms with Crippen molar-refractivity contribution in [2.75, 3.05) is 11.4 Å². The molecule has 6 heteroatoms. The summed E-state index contributed by atoms with van der Waals surface area (Å²) in [6.07, 6.45) is 7.63. The molecule has 2 aromatic rings. The van der Waals surface area contributed by atoms with E-state index in [1.54, 1.807) is 0 Å². The van der Waals surface area contributed by atoms with Gasteiger partial charge in [-0.3, -0.25) is 14.4 Å². The van der Waals surface area contributed by atoms with E-state index in [9.17, 15) is 14.4 Å². The van der Waals surface area contributed by atoms with Gasteiger partial charge in [-0.25, -0.2) is 0 Å². The van der Waals surface area contributed by atoms with E-state index < -0.39 is 6.04 Å². The first-order valence-electron chi connectivity index (χ1n) is 12.7. The largest absolute Gasteiger partial charge is 0.350 e. The Labute approximate surface area is 201 Å². The van der Waals surface area contributed by atoms with Crippen molar-refractivity contribution >= 4 is 23.4 Å². The van der Waals surface area contributed by atoms with Crippen molar-refractivity contribution in [1.82, 2.24) is 10.2 Å². The molecular weight excluding hydrogens is 426 g/mol. The van der Waals surface area contributed by atoms with E-state index in [2.05, 4.69) is 5.32 Å². The molecule has 1 N–H and O–H groups in total. The lowest BCUT2D eigenvalue weighted by atomic mass is 9.84. The van der Waals surface area contributed by atoms with E-state index in [1.165, 1.54) is 6.42 Å². The van der Waals surface area contributed by atoms with Gasteiger partial charge in [0.25, 0.3) is 5.91 Å². The quantitative estimate of drug-likeness (QED) is 0.725. The summed E-state index contributed by atoms with van der Waals surface area (Å²) in [7, 11) is 0. The maximum atomic E-state index is 13.4. The van der Waals surface area contributed by atoms with Crippen molar-refractivity contribution in [2.24, 2.45) is 5.92 Å². The van der Waals surface area contributed by atoms with E-state index in [0.29, 0.717) is 24.4 Å². The summed E-state index contributed by atoms with van der Waals surface area (Å²) in [5, 5.41) is 3.09. The predicted octanol–water partition coefficient (Wildman–Crippen LogP) is 4.29. The molecule has 0 bridgehead atoms. The highest BCUT2D eigenvalue weighted by molar-refractivity contribution is 5.98. The van der Waals surface area contributed by atoms with Crippen molar-refractivity contribution < 1.29 is 14.4 Å². The SMILES string of the molecule is O=C(NCc1cccc(N2CCCCC2=O)c1)C1CC2CCCCC2N1C(=O)c1ccccc1. The molecule has 3 unspecified atom stereocenters. The lowest BCUT2D eigenvalue weighted by Crippen LogP contribution is -2.49. The number of hydrogen-bond acceptors (Lipinski definition) is 3. The van der Waals surface area contributed by atoms with E-state index in [1.807, 2.05) is 64.4 Å². The fourth-order valence-corrected chi connectivity index (χ4v) is 5.94. The molecule has 5 rings (SSSR count). The lowest BCUT2D eigenvalue weighted by molar-refractivity contribution is -0.125. The third kappa shape index (κ3) is 4.59. The first-order chi connectivity index (χ1) is 16.6. The highest BCUT2D eigenvalue weighted by Crippen LogP contribution is 2.40. The topological polar surface area (TPSA) is 69.7 Å². The van der Waals surface area contributed by atoms with Gasteiger partial charge in [-0.2, -0.15) is 0 Å². The molecule has 1 saturated carbocycles. The molecule has 3 aliphatic rings. The van der Waals surface area contributed by atoms with Crippen LogP contribution in [0.5, 0.6) is 0 Å². The zero-order valence-electron chi connectivity index (χ0n) is 19.6. The lowest BCUT2D eigenvalue weighted by Gasteiger charge is -2.33. The van der Waals surface area contributed by atoms with Crippen LogP contribution >= 0.6 is 0 Å². The second-order valence-corrected chi connectivity index (χ2v) is 9.83. The molecule has 0 spiro atoms. The van der Waals surface area contributed by atoms with Crippen LogP contribution in [0.4, 0.5) is 5.69 Å². The van der Waals surface area contributed by atoms with E-state index in [0.717, 1.165) is 56.3 Å². The molecule has 2 saturated heterocycles. The van der Waals surface area contributed by atoms with E-state index >= 15 is 0 Å². The molecular formula is C28H33N3O3. The zero-order valence-corrected chi connectivity index (χ0v) is 19.6. The molecule has 34 heavy (non-hydrogen) atoms. The Bertz CT molecular complexity index is 1050. The van der Waals surface area contributed by atoms with Crippen molar-refractivity contribution in [3.8, 4) is 0 Å². The Morgan fingerprint density at radius 1 is 0.941 bits per heavy atom. The van der Waals surface area contributed by atoms with Gasteiger partial charge in [-0.05, 0) is 67.9 Å². The highest BCUT2D eigenvalue weighted by Gasteiger charge is 2.47. The predicted molar refractivity (Wildman–Crippen MR) is 131 cm³/mol. The zero-order chi connectivity index (χ0) is 23.5. The Balaban J connectivity index is 1.30. The van der Waals surface area contributed by atoms with Crippen LogP contribution in [0.15, 0.2) is 54.6 Å². The minimum Gasteiger partial charge on any atom is -0.350 e. The summed E-state index contributed by atoms with van der Waals surface area (Å²) < 4.78 is 0. The molecule has 2 aromatic carbocycles. The number of carbonyl (C=O) groups excluding carboxylic acids is 3. The van der Waals surface area contributed by atoms with Crippen LogP contribution in [-0.4, -0.2) is 41.2 Å².